The number of amides is 1. The Kier molecular flexibility index (Phi) is 6.43. The summed E-state index contributed by atoms with van der Waals surface area (Å²) in [6.07, 6.45) is 3.73. The van der Waals surface area contributed by atoms with Crippen LogP contribution in [0, 0.1) is 0 Å². The molecule has 0 unspecified atom stereocenters. The maximum atomic E-state index is 11.8. The highest BCUT2D eigenvalue weighted by Gasteiger charge is 2.21. The van der Waals surface area contributed by atoms with Crippen LogP contribution < -0.4 is 15.5 Å². The summed E-state index contributed by atoms with van der Waals surface area (Å²) < 4.78 is 4.92. The van der Waals surface area contributed by atoms with Gasteiger partial charge in [-0.15, -0.1) is 0 Å². The van der Waals surface area contributed by atoms with Crippen molar-refractivity contribution in [3.8, 4) is 0 Å². The van der Waals surface area contributed by atoms with Gasteiger partial charge in [0.2, 0.25) is 5.91 Å². The lowest BCUT2D eigenvalue weighted by atomic mass is 10.0. The maximum Gasteiger partial charge on any atom is 0.234 e. The van der Waals surface area contributed by atoms with Gasteiger partial charge in [-0.2, -0.15) is 0 Å². The molecule has 0 atom stereocenters. The SMILES string of the molecule is COCCNCC(=O)NC1CCN(c2ccccn2)CC1. The van der Waals surface area contributed by atoms with Crippen molar-refractivity contribution in [1.82, 2.24) is 15.6 Å². The first-order chi connectivity index (χ1) is 10.3. The molecule has 1 aromatic heterocycles. The molecule has 1 aromatic rings. The Labute approximate surface area is 125 Å². The summed E-state index contributed by atoms with van der Waals surface area (Å²) in [6, 6.07) is 6.22. The van der Waals surface area contributed by atoms with Crippen LogP contribution in [0.3, 0.4) is 0 Å². The number of methoxy groups -OCH3 is 1. The summed E-state index contributed by atoms with van der Waals surface area (Å²) in [5.41, 5.74) is 0. The number of piperidine rings is 1. The Balaban J connectivity index is 1.66. The van der Waals surface area contributed by atoms with Crippen molar-refractivity contribution in [2.24, 2.45) is 0 Å². The molecule has 2 rings (SSSR count). The minimum atomic E-state index is 0.0578. The minimum Gasteiger partial charge on any atom is -0.383 e. The van der Waals surface area contributed by atoms with E-state index in [-0.39, 0.29) is 11.9 Å². The summed E-state index contributed by atoms with van der Waals surface area (Å²) in [6.45, 7) is 3.53. The number of ether oxygens (including phenoxy) is 1. The second-order valence-corrected chi connectivity index (χ2v) is 5.19. The third-order valence-corrected chi connectivity index (χ3v) is 3.60. The van der Waals surface area contributed by atoms with Crippen molar-refractivity contribution in [3.05, 3.63) is 24.4 Å². The molecule has 1 fully saturated rings. The van der Waals surface area contributed by atoms with Crippen molar-refractivity contribution in [1.29, 1.82) is 0 Å². The first-order valence-electron chi connectivity index (χ1n) is 7.44. The van der Waals surface area contributed by atoms with Gasteiger partial charge in [-0.3, -0.25) is 4.79 Å². The summed E-state index contributed by atoms with van der Waals surface area (Å²) in [7, 11) is 1.65. The Morgan fingerprint density at radius 2 is 2.24 bits per heavy atom. The zero-order valence-corrected chi connectivity index (χ0v) is 12.5. The Hall–Kier alpha value is -1.66. The lowest BCUT2D eigenvalue weighted by Crippen LogP contribution is -2.47. The third-order valence-electron chi connectivity index (χ3n) is 3.60. The molecule has 6 heteroatoms. The van der Waals surface area contributed by atoms with Crippen LogP contribution in [0.25, 0.3) is 0 Å². The van der Waals surface area contributed by atoms with Crippen molar-refractivity contribution in [2.45, 2.75) is 18.9 Å². The molecule has 2 N–H and O–H groups in total. The number of nitrogens with one attached hydrogen (secondary N) is 2. The first-order valence-corrected chi connectivity index (χ1v) is 7.44. The molecule has 116 valence electrons. The van der Waals surface area contributed by atoms with Crippen LogP contribution >= 0.6 is 0 Å². The fraction of sp³-hybridized carbons (Fsp3) is 0.600. The Bertz CT molecular complexity index is 419. The monoisotopic (exact) mass is 292 g/mol. The third kappa shape index (κ3) is 5.32. The number of carbonyl (C=O) groups is 1. The van der Waals surface area contributed by atoms with Crippen LogP contribution in [0.4, 0.5) is 5.82 Å². The molecule has 2 heterocycles. The molecule has 0 spiro atoms. The van der Waals surface area contributed by atoms with E-state index in [0.29, 0.717) is 19.7 Å². The van der Waals surface area contributed by atoms with E-state index in [4.69, 9.17) is 4.74 Å². The number of rotatable bonds is 7. The smallest absolute Gasteiger partial charge is 0.234 e. The Morgan fingerprint density at radius 1 is 1.43 bits per heavy atom. The van der Waals surface area contributed by atoms with Crippen LogP contribution in [0.1, 0.15) is 12.8 Å². The molecule has 0 bridgehead atoms. The molecule has 0 saturated carbocycles. The zero-order chi connectivity index (χ0) is 14.9. The molecule has 1 aliphatic heterocycles. The second-order valence-electron chi connectivity index (χ2n) is 5.19. The van der Waals surface area contributed by atoms with Gasteiger partial charge in [0, 0.05) is 39.0 Å². The van der Waals surface area contributed by atoms with E-state index in [0.717, 1.165) is 31.7 Å². The van der Waals surface area contributed by atoms with E-state index in [9.17, 15) is 4.79 Å². The van der Waals surface area contributed by atoms with Gasteiger partial charge in [0.15, 0.2) is 0 Å². The van der Waals surface area contributed by atoms with Crippen LogP contribution in [0.5, 0.6) is 0 Å². The van der Waals surface area contributed by atoms with E-state index in [1.54, 1.807) is 7.11 Å². The van der Waals surface area contributed by atoms with Crippen molar-refractivity contribution >= 4 is 11.7 Å². The standard InChI is InChI=1S/C15H24N4O2/c1-21-11-8-16-12-15(20)18-13-5-9-19(10-6-13)14-4-2-3-7-17-14/h2-4,7,13,16H,5-6,8-12H2,1H3,(H,18,20). The van der Waals surface area contributed by atoms with Crippen molar-refractivity contribution < 1.29 is 9.53 Å². The van der Waals surface area contributed by atoms with Gasteiger partial charge < -0.3 is 20.3 Å². The lowest BCUT2D eigenvalue weighted by molar-refractivity contribution is -0.121. The van der Waals surface area contributed by atoms with E-state index in [2.05, 4.69) is 20.5 Å². The predicted molar refractivity (Wildman–Crippen MR) is 82.4 cm³/mol. The average Bonchev–Trinajstić information content (AvgIpc) is 2.53. The highest BCUT2D eigenvalue weighted by Crippen LogP contribution is 2.16. The number of hydrogen-bond donors (Lipinski definition) is 2. The first kappa shape index (κ1) is 15.7. The maximum absolute atomic E-state index is 11.8. The minimum absolute atomic E-state index is 0.0578. The molecule has 21 heavy (non-hydrogen) atoms. The molecule has 0 radical (unpaired) electrons. The summed E-state index contributed by atoms with van der Waals surface area (Å²) in [4.78, 5) is 18.4. The van der Waals surface area contributed by atoms with Gasteiger partial charge in [0.05, 0.1) is 13.2 Å². The fourth-order valence-electron chi connectivity index (χ4n) is 2.45. The van der Waals surface area contributed by atoms with Crippen LogP contribution in [-0.4, -0.2) is 56.8 Å². The average molecular weight is 292 g/mol. The molecule has 0 aliphatic carbocycles. The van der Waals surface area contributed by atoms with Gasteiger partial charge in [-0.05, 0) is 25.0 Å². The molecule has 6 nitrogen and oxygen atoms in total. The van der Waals surface area contributed by atoms with Crippen LogP contribution in [-0.2, 0) is 9.53 Å². The predicted octanol–water partition coefficient (Wildman–Crippen LogP) is 0.403. The number of nitrogens with zero attached hydrogens (tertiary/aromatic N) is 2. The van der Waals surface area contributed by atoms with Gasteiger partial charge in [0.1, 0.15) is 5.82 Å². The van der Waals surface area contributed by atoms with E-state index >= 15 is 0 Å². The van der Waals surface area contributed by atoms with Crippen molar-refractivity contribution in [2.75, 3.05) is 44.8 Å². The largest absolute Gasteiger partial charge is 0.383 e. The summed E-state index contributed by atoms with van der Waals surface area (Å²) in [5, 5.41) is 6.13. The molecule has 1 saturated heterocycles. The molecular weight excluding hydrogens is 268 g/mol. The van der Waals surface area contributed by atoms with Gasteiger partial charge in [0.25, 0.3) is 0 Å². The normalized spacial score (nSPS) is 16.0. The molecule has 0 aromatic carbocycles. The van der Waals surface area contributed by atoms with E-state index in [1.807, 2.05) is 24.4 Å². The van der Waals surface area contributed by atoms with Gasteiger partial charge in [-0.1, -0.05) is 6.07 Å². The number of aromatic nitrogens is 1. The quantitative estimate of drug-likeness (QED) is 0.712. The van der Waals surface area contributed by atoms with Gasteiger partial charge >= 0.3 is 0 Å². The Morgan fingerprint density at radius 3 is 2.90 bits per heavy atom. The second kappa shape index (κ2) is 8.59. The van der Waals surface area contributed by atoms with Crippen molar-refractivity contribution in [3.63, 3.8) is 0 Å². The van der Waals surface area contributed by atoms with Crippen LogP contribution in [0.15, 0.2) is 24.4 Å². The summed E-state index contributed by atoms with van der Waals surface area (Å²) >= 11 is 0. The number of carbonyl (C=O) groups excluding carboxylic acids is 1. The zero-order valence-electron chi connectivity index (χ0n) is 12.5. The summed E-state index contributed by atoms with van der Waals surface area (Å²) in [5.74, 6) is 1.07. The van der Waals surface area contributed by atoms with E-state index < -0.39 is 0 Å². The lowest BCUT2D eigenvalue weighted by Gasteiger charge is -2.33. The van der Waals surface area contributed by atoms with Crippen LogP contribution in [0.2, 0.25) is 0 Å². The molecule has 1 aliphatic rings. The van der Waals surface area contributed by atoms with Gasteiger partial charge in [-0.25, -0.2) is 4.98 Å². The molecular formula is C15H24N4O2. The highest BCUT2D eigenvalue weighted by molar-refractivity contribution is 5.78. The fourth-order valence-corrected chi connectivity index (χ4v) is 2.45. The topological polar surface area (TPSA) is 66.5 Å². The van der Waals surface area contributed by atoms with E-state index in [1.165, 1.54) is 0 Å². The molecule has 1 amide bonds. The highest BCUT2D eigenvalue weighted by atomic mass is 16.5. The number of anilines is 1. The number of hydrogen-bond acceptors (Lipinski definition) is 5. The number of pyridine rings is 1.